The first-order valence-corrected chi connectivity index (χ1v) is 4.96. The van der Waals surface area contributed by atoms with Gasteiger partial charge in [0.1, 0.15) is 0 Å². The molecule has 0 fully saturated rings. The number of Topliss-reactive ketones (excluding diaryl/α,β-unsaturated/α-hetero) is 1. The summed E-state index contributed by atoms with van der Waals surface area (Å²) >= 11 is 5.40. The maximum absolute atomic E-state index is 11.6. The van der Waals surface area contributed by atoms with Gasteiger partial charge < -0.3 is 0 Å². The molecular weight excluding hydrogens is 218 g/mol. The molecule has 0 radical (unpaired) electrons. The van der Waals surface area contributed by atoms with Crippen molar-refractivity contribution < 1.29 is 9.72 Å². The minimum absolute atomic E-state index is 0.147. The van der Waals surface area contributed by atoms with Crippen LogP contribution in [0.25, 0.3) is 0 Å². The van der Waals surface area contributed by atoms with Gasteiger partial charge >= 0.3 is 0 Å². The van der Waals surface area contributed by atoms with Gasteiger partial charge in [-0.2, -0.15) is 0 Å². The van der Waals surface area contributed by atoms with Gasteiger partial charge in [0.25, 0.3) is 0 Å². The number of hydrogen-bond donors (Lipinski definition) is 0. The van der Waals surface area contributed by atoms with Crippen LogP contribution >= 0.6 is 11.6 Å². The van der Waals surface area contributed by atoms with Gasteiger partial charge in [-0.05, 0) is 0 Å². The summed E-state index contributed by atoms with van der Waals surface area (Å²) in [6.45, 7) is 0. The van der Waals surface area contributed by atoms with Gasteiger partial charge in [0.05, 0.1) is 12.3 Å². The summed E-state index contributed by atoms with van der Waals surface area (Å²) in [7, 11) is 0. The standard InChI is InChI=1S/C10H10ClNO3/c11-7-9(12(14)15)6-10(13)8-4-2-1-3-5-8/h1-5,9H,6-7H2. The van der Waals surface area contributed by atoms with Crippen LogP contribution in [-0.4, -0.2) is 22.6 Å². The molecule has 0 N–H and O–H groups in total. The second-order valence-corrected chi connectivity index (χ2v) is 3.40. The van der Waals surface area contributed by atoms with Crippen LogP contribution in [0.4, 0.5) is 0 Å². The molecule has 80 valence electrons. The summed E-state index contributed by atoms with van der Waals surface area (Å²) in [6.07, 6.45) is -0.152. The zero-order chi connectivity index (χ0) is 11.3. The van der Waals surface area contributed by atoms with Crippen molar-refractivity contribution in [2.45, 2.75) is 12.5 Å². The van der Waals surface area contributed by atoms with Crippen LogP contribution in [0.2, 0.25) is 0 Å². The smallest absolute Gasteiger partial charge is 0.233 e. The summed E-state index contributed by atoms with van der Waals surface area (Å²) in [6, 6.07) is 7.48. The molecule has 0 saturated carbocycles. The van der Waals surface area contributed by atoms with Gasteiger partial charge in [-0.25, -0.2) is 0 Å². The van der Waals surface area contributed by atoms with E-state index in [-0.39, 0.29) is 18.1 Å². The number of carbonyl (C=O) groups is 1. The fourth-order valence-electron chi connectivity index (χ4n) is 1.14. The molecule has 0 aliphatic heterocycles. The first-order valence-electron chi connectivity index (χ1n) is 4.43. The van der Waals surface area contributed by atoms with Crippen molar-refractivity contribution in [1.29, 1.82) is 0 Å². The monoisotopic (exact) mass is 227 g/mol. The van der Waals surface area contributed by atoms with Crippen molar-refractivity contribution in [1.82, 2.24) is 0 Å². The number of nitro groups is 1. The van der Waals surface area contributed by atoms with Gasteiger partial charge in [0.2, 0.25) is 6.04 Å². The van der Waals surface area contributed by atoms with E-state index in [9.17, 15) is 14.9 Å². The summed E-state index contributed by atoms with van der Waals surface area (Å²) in [5.74, 6) is -0.399. The second kappa shape index (κ2) is 5.46. The van der Waals surface area contributed by atoms with E-state index in [4.69, 9.17) is 11.6 Å². The number of benzene rings is 1. The molecule has 0 bridgehead atoms. The maximum Gasteiger partial charge on any atom is 0.233 e. The zero-order valence-corrected chi connectivity index (χ0v) is 8.68. The van der Waals surface area contributed by atoms with Gasteiger partial charge in [-0.15, -0.1) is 11.6 Å². The number of rotatable bonds is 5. The highest BCUT2D eigenvalue weighted by Gasteiger charge is 2.23. The van der Waals surface area contributed by atoms with E-state index in [1.54, 1.807) is 30.3 Å². The van der Waals surface area contributed by atoms with Crippen LogP contribution in [0.15, 0.2) is 30.3 Å². The third kappa shape index (κ3) is 3.32. The first kappa shape index (κ1) is 11.7. The SMILES string of the molecule is O=C(CC(CCl)[N+](=O)[O-])c1ccccc1. The Balaban J connectivity index is 2.67. The van der Waals surface area contributed by atoms with Crippen molar-refractivity contribution in [2.75, 3.05) is 5.88 Å². The summed E-state index contributed by atoms with van der Waals surface area (Å²) < 4.78 is 0. The van der Waals surface area contributed by atoms with E-state index in [1.165, 1.54) is 0 Å². The van der Waals surface area contributed by atoms with Crippen molar-refractivity contribution in [3.63, 3.8) is 0 Å². The van der Waals surface area contributed by atoms with Crippen molar-refractivity contribution in [2.24, 2.45) is 0 Å². The average molecular weight is 228 g/mol. The number of halogens is 1. The summed E-state index contributed by atoms with van der Waals surface area (Å²) in [5, 5.41) is 10.5. The van der Waals surface area contributed by atoms with Gasteiger partial charge in [-0.1, -0.05) is 30.3 Å². The molecule has 1 aromatic rings. The minimum atomic E-state index is -1.00. The molecule has 0 saturated heterocycles. The van der Waals surface area contributed by atoms with Crippen LogP contribution in [0.5, 0.6) is 0 Å². The molecule has 1 atom stereocenters. The van der Waals surface area contributed by atoms with E-state index in [0.717, 1.165) is 0 Å². The lowest BCUT2D eigenvalue weighted by Gasteiger charge is -2.04. The molecule has 0 heterocycles. The molecule has 0 aliphatic rings. The Morgan fingerprint density at radius 2 is 2.00 bits per heavy atom. The molecule has 0 amide bonds. The highest BCUT2D eigenvalue weighted by atomic mass is 35.5. The van der Waals surface area contributed by atoms with E-state index in [0.29, 0.717) is 5.56 Å². The van der Waals surface area contributed by atoms with Gasteiger partial charge in [0.15, 0.2) is 5.78 Å². The van der Waals surface area contributed by atoms with Crippen LogP contribution in [0, 0.1) is 10.1 Å². The molecule has 1 aromatic carbocycles. The van der Waals surface area contributed by atoms with Crippen LogP contribution in [-0.2, 0) is 0 Å². The number of ketones is 1. The highest BCUT2D eigenvalue weighted by molar-refractivity contribution is 6.18. The van der Waals surface area contributed by atoms with Crippen LogP contribution < -0.4 is 0 Å². The van der Waals surface area contributed by atoms with Crippen molar-refractivity contribution in [3.05, 3.63) is 46.0 Å². The van der Waals surface area contributed by atoms with E-state index >= 15 is 0 Å². The zero-order valence-electron chi connectivity index (χ0n) is 7.93. The predicted molar refractivity (Wildman–Crippen MR) is 56.9 cm³/mol. The molecule has 0 aliphatic carbocycles. The fourth-order valence-corrected chi connectivity index (χ4v) is 1.36. The fraction of sp³-hybridized carbons (Fsp3) is 0.300. The van der Waals surface area contributed by atoms with Crippen LogP contribution in [0.3, 0.4) is 0 Å². The second-order valence-electron chi connectivity index (χ2n) is 3.09. The Hall–Kier alpha value is -1.42. The van der Waals surface area contributed by atoms with E-state index in [2.05, 4.69) is 0 Å². The lowest BCUT2D eigenvalue weighted by atomic mass is 10.1. The molecule has 1 unspecified atom stereocenters. The Kier molecular flexibility index (Phi) is 4.24. The topological polar surface area (TPSA) is 60.2 Å². The average Bonchev–Trinajstić information content (AvgIpc) is 2.26. The molecule has 0 spiro atoms. The van der Waals surface area contributed by atoms with Crippen molar-refractivity contribution in [3.8, 4) is 0 Å². The first-order chi connectivity index (χ1) is 7.15. The normalized spacial score (nSPS) is 12.1. The van der Waals surface area contributed by atoms with Crippen LogP contribution in [0.1, 0.15) is 16.8 Å². The van der Waals surface area contributed by atoms with E-state index < -0.39 is 11.0 Å². The third-order valence-corrected chi connectivity index (χ3v) is 2.35. The van der Waals surface area contributed by atoms with Crippen molar-refractivity contribution >= 4 is 17.4 Å². The Morgan fingerprint density at radius 3 is 2.47 bits per heavy atom. The Bertz CT molecular complexity index is 353. The molecule has 15 heavy (non-hydrogen) atoms. The maximum atomic E-state index is 11.6. The van der Waals surface area contributed by atoms with E-state index in [1.807, 2.05) is 0 Å². The van der Waals surface area contributed by atoms with Gasteiger partial charge in [-0.3, -0.25) is 14.9 Å². The number of hydrogen-bond acceptors (Lipinski definition) is 3. The lowest BCUT2D eigenvalue weighted by Crippen LogP contribution is -2.24. The number of nitrogens with zero attached hydrogens (tertiary/aromatic N) is 1. The third-order valence-electron chi connectivity index (χ3n) is 1.99. The predicted octanol–water partition coefficient (Wildman–Crippen LogP) is 2.14. The Labute approximate surface area is 92.0 Å². The number of alkyl halides is 1. The summed E-state index contributed by atoms with van der Waals surface area (Å²) in [5.41, 5.74) is 0.481. The molecule has 0 aromatic heterocycles. The Morgan fingerprint density at radius 1 is 1.40 bits per heavy atom. The molecule has 4 nitrogen and oxygen atoms in total. The molecule has 5 heteroatoms. The minimum Gasteiger partial charge on any atom is -0.294 e. The quantitative estimate of drug-likeness (QED) is 0.335. The van der Waals surface area contributed by atoms with Gasteiger partial charge in [0, 0.05) is 10.5 Å². The number of carbonyl (C=O) groups excluding carboxylic acids is 1. The largest absolute Gasteiger partial charge is 0.294 e. The highest BCUT2D eigenvalue weighted by Crippen LogP contribution is 2.08. The molecular formula is C10H10ClNO3. The molecule has 1 rings (SSSR count). The lowest BCUT2D eigenvalue weighted by molar-refractivity contribution is -0.515. The summed E-state index contributed by atoms with van der Waals surface area (Å²) in [4.78, 5) is 21.5.